The Hall–Kier alpha value is -5.02. The molecule has 4 aromatic rings. The van der Waals surface area contributed by atoms with Gasteiger partial charge in [0.1, 0.15) is 0 Å². The van der Waals surface area contributed by atoms with E-state index in [2.05, 4.69) is 15.0 Å². The largest absolute Gasteiger partial charge is 0.463 e. The number of rotatable bonds is 7. The van der Waals surface area contributed by atoms with Gasteiger partial charge in [-0.25, -0.2) is 14.8 Å². The third-order valence-corrected chi connectivity index (χ3v) is 8.74. The monoisotopic (exact) mass is 633 g/mol. The molecule has 1 atom stereocenters. The molecule has 6 rings (SSSR count). The second-order valence-electron chi connectivity index (χ2n) is 9.69. The molecule has 13 nitrogen and oxygen atoms in total. The van der Waals surface area contributed by atoms with Crippen molar-refractivity contribution < 1.29 is 23.9 Å². The van der Waals surface area contributed by atoms with Gasteiger partial charge in [-0.2, -0.15) is 0 Å². The van der Waals surface area contributed by atoms with Gasteiger partial charge in [-0.05, 0) is 56.2 Å². The number of nitro benzene ring substituents is 1. The van der Waals surface area contributed by atoms with Gasteiger partial charge in [0.05, 0.1) is 33.4 Å². The molecule has 0 fully saturated rings. The van der Waals surface area contributed by atoms with Gasteiger partial charge in [0, 0.05) is 28.8 Å². The zero-order valence-corrected chi connectivity index (χ0v) is 25.1. The van der Waals surface area contributed by atoms with E-state index >= 15 is 0 Å². The molecule has 15 heteroatoms. The van der Waals surface area contributed by atoms with Crippen LogP contribution in [0, 0.1) is 17.0 Å². The van der Waals surface area contributed by atoms with Gasteiger partial charge in [0.15, 0.2) is 21.5 Å². The highest BCUT2D eigenvalue weighted by atomic mass is 32.2. The molecule has 0 radical (unpaired) electrons. The Labute approximate surface area is 256 Å². The van der Waals surface area contributed by atoms with E-state index in [0.29, 0.717) is 43.7 Å². The van der Waals surface area contributed by atoms with Crippen molar-refractivity contribution in [2.45, 2.75) is 36.9 Å². The molecular formula is C29H23N5O8S2. The molecule has 4 heterocycles. The van der Waals surface area contributed by atoms with Gasteiger partial charge < -0.3 is 19.2 Å². The molecule has 0 saturated heterocycles. The van der Waals surface area contributed by atoms with Crippen LogP contribution < -0.4 is 29.9 Å². The number of aromatic amines is 1. The number of ether oxygens (including phenoxy) is 3. The Morgan fingerprint density at radius 1 is 1.20 bits per heavy atom. The number of allylic oxidation sites excluding steroid dienone is 1. The summed E-state index contributed by atoms with van der Waals surface area (Å²) in [6, 6.07) is 9.86. The van der Waals surface area contributed by atoms with Crippen molar-refractivity contribution in [1.29, 1.82) is 0 Å². The average molecular weight is 634 g/mol. The minimum atomic E-state index is -0.887. The van der Waals surface area contributed by atoms with Gasteiger partial charge in [-0.1, -0.05) is 29.2 Å². The predicted octanol–water partition coefficient (Wildman–Crippen LogP) is 2.98. The number of H-pyrrole nitrogens is 1. The normalized spacial score (nSPS) is 15.6. The average Bonchev–Trinajstić information content (AvgIpc) is 3.56. The van der Waals surface area contributed by atoms with Gasteiger partial charge in [0.25, 0.3) is 16.8 Å². The Morgan fingerprint density at radius 2 is 2.00 bits per heavy atom. The highest BCUT2D eigenvalue weighted by Gasteiger charge is 2.34. The first-order chi connectivity index (χ1) is 21.1. The first-order valence-corrected chi connectivity index (χ1v) is 14.9. The first-order valence-electron chi connectivity index (χ1n) is 13.3. The van der Waals surface area contributed by atoms with Crippen LogP contribution in [0.3, 0.4) is 0 Å². The summed E-state index contributed by atoms with van der Waals surface area (Å²) in [5.74, 6) is 0.408. The van der Waals surface area contributed by atoms with Crippen molar-refractivity contribution in [3.05, 3.63) is 111 Å². The zero-order valence-electron chi connectivity index (χ0n) is 23.5. The third kappa shape index (κ3) is 5.42. The van der Waals surface area contributed by atoms with Gasteiger partial charge in [-0.3, -0.25) is 24.3 Å². The quantitative estimate of drug-likeness (QED) is 0.138. The topological polar surface area (TPSA) is 168 Å². The van der Waals surface area contributed by atoms with E-state index in [1.165, 1.54) is 34.9 Å². The number of hydrogen-bond acceptors (Lipinski definition) is 12. The summed E-state index contributed by atoms with van der Waals surface area (Å²) in [6.45, 7) is 5.22. The summed E-state index contributed by atoms with van der Waals surface area (Å²) < 4.78 is 18.0. The minimum Gasteiger partial charge on any atom is -0.463 e. The number of hydrogen-bond donors (Lipinski definition) is 1. The lowest BCUT2D eigenvalue weighted by molar-refractivity contribution is -0.384. The van der Waals surface area contributed by atoms with E-state index in [-0.39, 0.29) is 39.9 Å². The number of nitrogens with zero attached hydrogens (tertiary/aromatic N) is 4. The molecule has 0 unspecified atom stereocenters. The van der Waals surface area contributed by atoms with E-state index in [9.17, 15) is 24.5 Å². The molecule has 2 aliphatic rings. The van der Waals surface area contributed by atoms with Crippen LogP contribution in [-0.2, 0) is 9.53 Å². The molecule has 224 valence electrons. The SMILES string of the molecule is CCOC(=O)C1=C(C)N=c2s/c(=C/c3cc([N+](=O)[O-])ccc3Sc3nc(C)cc(=O)[nH]3)c(=O)n2[C@H]1c1ccc2c(c1)OCO2. The second kappa shape index (κ2) is 11.6. The smallest absolute Gasteiger partial charge is 0.338 e. The summed E-state index contributed by atoms with van der Waals surface area (Å²) in [5, 5.41) is 11.9. The first kappa shape index (κ1) is 29.1. The molecule has 2 aromatic carbocycles. The number of aromatic nitrogens is 3. The van der Waals surface area contributed by atoms with Crippen LogP contribution in [0.25, 0.3) is 6.08 Å². The molecule has 1 N–H and O–H groups in total. The van der Waals surface area contributed by atoms with Crippen molar-refractivity contribution in [2.75, 3.05) is 13.4 Å². The molecule has 0 spiro atoms. The standard InChI is InChI=1S/C29H23N5O8S2/c1-4-40-27(37)24-15(3)31-29-33(25(24)16-5-7-19-20(11-16)42-13-41-19)26(36)22(44-29)12-17-10-18(34(38)39)6-8-21(17)43-28-30-14(2)9-23(35)32-28/h5-12,25H,4,13H2,1-3H3,(H,30,32,35)/b22-12+/t25-/m0/s1. The Morgan fingerprint density at radius 3 is 2.75 bits per heavy atom. The third-order valence-electron chi connectivity index (χ3n) is 6.77. The van der Waals surface area contributed by atoms with Crippen molar-refractivity contribution >= 4 is 40.8 Å². The molecule has 0 amide bonds. The van der Waals surface area contributed by atoms with Crippen molar-refractivity contribution in [3.8, 4) is 11.5 Å². The van der Waals surface area contributed by atoms with Crippen molar-refractivity contribution in [1.82, 2.24) is 14.5 Å². The van der Waals surface area contributed by atoms with Gasteiger partial charge >= 0.3 is 5.97 Å². The maximum absolute atomic E-state index is 14.1. The van der Waals surface area contributed by atoms with Crippen LogP contribution in [0.2, 0.25) is 0 Å². The summed E-state index contributed by atoms with van der Waals surface area (Å²) in [6.07, 6.45) is 1.53. The number of nitro groups is 1. The molecule has 0 saturated carbocycles. The number of aryl methyl sites for hydroxylation is 1. The fourth-order valence-corrected chi connectivity index (χ4v) is 6.85. The van der Waals surface area contributed by atoms with E-state index in [4.69, 9.17) is 14.2 Å². The Kier molecular flexibility index (Phi) is 7.65. The molecule has 0 bridgehead atoms. The van der Waals surface area contributed by atoms with E-state index in [0.717, 1.165) is 23.1 Å². The van der Waals surface area contributed by atoms with Crippen LogP contribution in [0.15, 0.2) is 78.4 Å². The number of nitrogens with one attached hydrogen (secondary N) is 1. The number of benzene rings is 2. The van der Waals surface area contributed by atoms with Crippen LogP contribution in [0.4, 0.5) is 5.69 Å². The molecule has 2 aromatic heterocycles. The summed E-state index contributed by atoms with van der Waals surface area (Å²) in [4.78, 5) is 62.8. The number of thiazole rings is 1. The lowest BCUT2D eigenvalue weighted by atomic mass is 9.95. The molecule has 2 aliphatic heterocycles. The molecule has 44 heavy (non-hydrogen) atoms. The maximum atomic E-state index is 14.1. The predicted molar refractivity (Wildman–Crippen MR) is 160 cm³/mol. The Balaban J connectivity index is 1.53. The van der Waals surface area contributed by atoms with Crippen LogP contribution >= 0.6 is 23.1 Å². The van der Waals surface area contributed by atoms with Crippen molar-refractivity contribution in [3.63, 3.8) is 0 Å². The lowest BCUT2D eigenvalue weighted by Gasteiger charge is -2.24. The fourth-order valence-electron chi connectivity index (χ4n) is 4.89. The number of carbonyl (C=O) groups excluding carboxylic acids is 1. The number of non-ortho nitro benzene ring substituents is 1. The van der Waals surface area contributed by atoms with Crippen LogP contribution in [0.1, 0.15) is 36.7 Å². The number of fused-ring (bicyclic) bond motifs is 2. The van der Waals surface area contributed by atoms with Gasteiger partial charge in [0.2, 0.25) is 6.79 Å². The van der Waals surface area contributed by atoms with E-state index in [1.807, 2.05) is 0 Å². The lowest BCUT2D eigenvalue weighted by Crippen LogP contribution is -2.39. The van der Waals surface area contributed by atoms with Crippen LogP contribution in [-0.4, -0.2) is 38.8 Å². The maximum Gasteiger partial charge on any atom is 0.338 e. The molecular weight excluding hydrogens is 610 g/mol. The summed E-state index contributed by atoms with van der Waals surface area (Å²) in [7, 11) is 0. The zero-order chi connectivity index (χ0) is 31.1. The highest BCUT2D eigenvalue weighted by molar-refractivity contribution is 7.99. The second-order valence-corrected chi connectivity index (χ2v) is 11.7. The molecule has 0 aliphatic carbocycles. The van der Waals surface area contributed by atoms with Crippen molar-refractivity contribution in [2.24, 2.45) is 4.99 Å². The van der Waals surface area contributed by atoms with Gasteiger partial charge in [-0.15, -0.1) is 0 Å². The van der Waals surface area contributed by atoms with E-state index < -0.39 is 22.5 Å². The highest BCUT2D eigenvalue weighted by Crippen LogP contribution is 2.38. The summed E-state index contributed by atoms with van der Waals surface area (Å²) in [5.41, 5.74) is 1.05. The van der Waals surface area contributed by atoms with Crippen LogP contribution in [0.5, 0.6) is 11.5 Å². The Bertz CT molecular complexity index is 2130. The number of carbonyl (C=O) groups is 1. The minimum absolute atomic E-state index is 0.0522. The number of esters is 1. The summed E-state index contributed by atoms with van der Waals surface area (Å²) >= 11 is 2.18. The van der Waals surface area contributed by atoms with E-state index in [1.54, 1.807) is 39.0 Å². The fraction of sp³-hybridized carbons (Fsp3) is 0.207.